The summed E-state index contributed by atoms with van der Waals surface area (Å²) in [7, 11) is 0. The third kappa shape index (κ3) is 3.36. The molecule has 0 spiro atoms. The smallest absolute Gasteiger partial charge is 0.289 e. The number of aromatic nitrogens is 2. The van der Waals surface area contributed by atoms with Crippen molar-refractivity contribution in [3.8, 4) is 5.69 Å². The zero-order valence-electron chi connectivity index (χ0n) is 14.8. The first-order valence-electron chi connectivity index (χ1n) is 8.73. The number of aromatic amines is 1. The number of benzene rings is 1. The van der Waals surface area contributed by atoms with Gasteiger partial charge < -0.3 is 19.2 Å². The lowest BCUT2D eigenvalue weighted by atomic mass is 10.2. The first-order valence-corrected chi connectivity index (χ1v) is 9.14. The molecule has 2 aromatic heterocycles. The number of nitrogens with zero attached hydrogens (tertiary/aromatic N) is 3. The number of nitrogens with one attached hydrogen (secondary N) is 1. The standard InChI is InChI=1S/C19H17FN4O3S/c20-13-3-5-14(6-4-13)24-15(12-21-19(24)28)17(25)22-7-9-23(10-8-22)18(26)16-2-1-11-27-16/h1-6,11-12H,7-10H2,(H,21,28). The monoisotopic (exact) mass is 400 g/mol. The van der Waals surface area contributed by atoms with E-state index in [-0.39, 0.29) is 23.4 Å². The predicted octanol–water partition coefficient (Wildman–Crippen LogP) is 2.87. The van der Waals surface area contributed by atoms with E-state index in [4.69, 9.17) is 16.6 Å². The molecule has 3 heterocycles. The minimum Gasteiger partial charge on any atom is -0.459 e. The van der Waals surface area contributed by atoms with Crippen molar-refractivity contribution in [2.45, 2.75) is 0 Å². The quantitative estimate of drug-likeness (QED) is 0.686. The highest BCUT2D eigenvalue weighted by Crippen LogP contribution is 2.17. The van der Waals surface area contributed by atoms with Crippen molar-refractivity contribution in [1.29, 1.82) is 0 Å². The minimum atomic E-state index is -0.365. The molecule has 0 aliphatic carbocycles. The van der Waals surface area contributed by atoms with Crippen molar-refractivity contribution in [2.24, 2.45) is 0 Å². The van der Waals surface area contributed by atoms with Crippen LogP contribution in [0.1, 0.15) is 21.0 Å². The van der Waals surface area contributed by atoms with Crippen LogP contribution < -0.4 is 0 Å². The van der Waals surface area contributed by atoms with Gasteiger partial charge in [-0.2, -0.15) is 0 Å². The first-order chi connectivity index (χ1) is 13.5. The number of hydrogen-bond donors (Lipinski definition) is 1. The van der Waals surface area contributed by atoms with E-state index in [1.807, 2.05) is 0 Å². The van der Waals surface area contributed by atoms with Gasteiger partial charge in [0.1, 0.15) is 11.5 Å². The van der Waals surface area contributed by atoms with Crippen LogP contribution in [0.5, 0.6) is 0 Å². The van der Waals surface area contributed by atoms with Gasteiger partial charge in [-0.05, 0) is 48.6 Å². The molecule has 7 nitrogen and oxygen atoms in total. The third-order valence-corrected chi connectivity index (χ3v) is 4.97. The Morgan fingerprint density at radius 2 is 1.64 bits per heavy atom. The van der Waals surface area contributed by atoms with Crippen LogP contribution in [0.25, 0.3) is 5.69 Å². The summed E-state index contributed by atoms with van der Waals surface area (Å²) in [6.07, 6.45) is 3.01. The molecule has 2 amide bonds. The molecule has 1 aliphatic rings. The number of H-pyrrole nitrogens is 1. The normalized spacial score (nSPS) is 14.3. The van der Waals surface area contributed by atoms with Crippen LogP contribution in [0.3, 0.4) is 0 Å². The number of carbonyl (C=O) groups excluding carboxylic acids is 2. The number of hydrogen-bond acceptors (Lipinski definition) is 4. The second kappa shape index (κ2) is 7.43. The molecule has 0 atom stereocenters. The topological polar surface area (TPSA) is 74.5 Å². The lowest BCUT2D eigenvalue weighted by molar-refractivity contribution is 0.0514. The number of imidazole rings is 1. The van der Waals surface area contributed by atoms with Crippen LogP contribution in [0, 0.1) is 10.6 Å². The van der Waals surface area contributed by atoms with Gasteiger partial charge in [-0.3, -0.25) is 14.2 Å². The fourth-order valence-corrected chi connectivity index (χ4v) is 3.47. The number of piperazine rings is 1. The minimum absolute atomic E-state index is 0.187. The van der Waals surface area contributed by atoms with E-state index in [1.165, 1.54) is 18.4 Å². The largest absolute Gasteiger partial charge is 0.459 e. The average Bonchev–Trinajstić information content (AvgIpc) is 3.38. The van der Waals surface area contributed by atoms with Gasteiger partial charge in [-0.15, -0.1) is 0 Å². The molecule has 0 radical (unpaired) electrons. The zero-order valence-corrected chi connectivity index (χ0v) is 15.6. The maximum atomic E-state index is 13.2. The Morgan fingerprint density at radius 3 is 2.25 bits per heavy atom. The molecule has 1 N–H and O–H groups in total. The first kappa shape index (κ1) is 18.2. The van der Waals surface area contributed by atoms with Crippen LogP contribution >= 0.6 is 12.2 Å². The van der Waals surface area contributed by atoms with Crippen LogP contribution in [0.4, 0.5) is 4.39 Å². The van der Waals surface area contributed by atoms with Gasteiger partial charge in [0.2, 0.25) is 0 Å². The summed E-state index contributed by atoms with van der Waals surface area (Å²) in [4.78, 5) is 31.6. The number of amides is 2. The van der Waals surface area contributed by atoms with Crippen molar-refractivity contribution in [3.63, 3.8) is 0 Å². The molecule has 1 aromatic carbocycles. The molecule has 4 rings (SSSR count). The van der Waals surface area contributed by atoms with Crippen LogP contribution in [-0.2, 0) is 0 Å². The number of halogens is 1. The van der Waals surface area contributed by atoms with Gasteiger partial charge in [0.15, 0.2) is 10.5 Å². The molecule has 9 heteroatoms. The highest BCUT2D eigenvalue weighted by atomic mass is 32.1. The third-order valence-electron chi connectivity index (χ3n) is 4.67. The Bertz CT molecular complexity index is 1050. The number of carbonyl (C=O) groups is 2. The van der Waals surface area contributed by atoms with E-state index in [2.05, 4.69) is 4.98 Å². The Labute approximate surface area is 165 Å². The SMILES string of the molecule is O=C(c1ccco1)N1CCN(C(=O)c2c[nH]c(=S)n2-c2ccc(F)cc2)CC1. The molecule has 3 aromatic rings. The summed E-state index contributed by atoms with van der Waals surface area (Å²) in [5, 5.41) is 0. The van der Waals surface area contributed by atoms with Gasteiger partial charge >= 0.3 is 0 Å². The fraction of sp³-hybridized carbons (Fsp3) is 0.211. The van der Waals surface area contributed by atoms with Gasteiger partial charge in [0.25, 0.3) is 11.8 Å². The summed E-state index contributed by atoms with van der Waals surface area (Å²) in [5.41, 5.74) is 0.963. The van der Waals surface area contributed by atoms with Crippen molar-refractivity contribution in [2.75, 3.05) is 26.2 Å². The van der Waals surface area contributed by atoms with Gasteiger partial charge in [0, 0.05) is 38.1 Å². The van der Waals surface area contributed by atoms with E-state index in [9.17, 15) is 14.0 Å². The maximum Gasteiger partial charge on any atom is 0.289 e. The second-order valence-electron chi connectivity index (χ2n) is 6.35. The van der Waals surface area contributed by atoms with E-state index < -0.39 is 0 Å². The fourth-order valence-electron chi connectivity index (χ4n) is 3.20. The molecular formula is C19H17FN4O3S. The Morgan fingerprint density at radius 1 is 1.00 bits per heavy atom. The molecule has 144 valence electrons. The highest BCUT2D eigenvalue weighted by molar-refractivity contribution is 7.71. The van der Waals surface area contributed by atoms with E-state index in [1.54, 1.807) is 44.8 Å². The molecular weight excluding hydrogens is 383 g/mol. The Hall–Kier alpha value is -3.20. The van der Waals surface area contributed by atoms with Gasteiger partial charge in [0.05, 0.1) is 6.26 Å². The van der Waals surface area contributed by atoms with E-state index in [0.717, 1.165) is 0 Å². The number of rotatable bonds is 3. The molecule has 0 saturated carbocycles. The molecule has 1 saturated heterocycles. The summed E-state index contributed by atoms with van der Waals surface area (Å²) in [5.74, 6) is -0.471. The molecule has 0 bridgehead atoms. The summed E-state index contributed by atoms with van der Waals surface area (Å²) in [6.45, 7) is 1.61. The van der Waals surface area contributed by atoms with Gasteiger partial charge in [-0.1, -0.05) is 0 Å². The van der Waals surface area contributed by atoms with Crippen molar-refractivity contribution < 1.29 is 18.4 Å². The van der Waals surface area contributed by atoms with Gasteiger partial charge in [-0.25, -0.2) is 4.39 Å². The summed E-state index contributed by atoms with van der Waals surface area (Å²) in [6, 6.07) is 9.05. The molecule has 1 fully saturated rings. The van der Waals surface area contributed by atoms with Crippen LogP contribution in [0.15, 0.2) is 53.3 Å². The van der Waals surface area contributed by atoms with E-state index in [0.29, 0.717) is 42.3 Å². The average molecular weight is 400 g/mol. The van der Waals surface area contributed by atoms with Crippen molar-refractivity contribution in [1.82, 2.24) is 19.4 Å². The lowest BCUT2D eigenvalue weighted by Gasteiger charge is -2.34. The Kier molecular flexibility index (Phi) is 4.82. The molecule has 28 heavy (non-hydrogen) atoms. The summed E-state index contributed by atoms with van der Waals surface area (Å²) >= 11 is 5.29. The maximum absolute atomic E-state index is 13.2. The van der Waals surface area contributed by atoms with E-state index >= 15 is 0 Å². The summed E-state index contributed by atoms with van der Waals surface area (Å²) < 4.78 is 20.3. The molecule has 0 unspecified atom stereocenters. The van der Waals surface area contributed by atoms with Crippen LogP contribution in [0.2, 0.25) is 0 Å². The second-order valence-corrected chi connectivity index (χ2v) is 6.74. The zero-order chi connectivity index (χ0) is 19.7. The Balaban J connectivity index is 1.50. The molecule has 1 aliphatic heterocycles. The van der Waals surface area contributed by atoms with Crippen molar-refractivity contribution in [3.05, 3.63) is 70.9 Å². The highest BCUT2D eigenvalue weighted by Gasteiger charge is 2.28. The predicted molar refractivity (Wildman–Crippen MR) is 101 cm³/mol. The lowest BCUT2D eigenvalue weighted by Crippen LogP contribution is -2.50. The van der Waals surface area contributed by atoms with Crippen molar-refractivity contribution >= 4 is 24.0 Å². The van der Waals surface area contributed by atoms with Crippen LogP contribution in [-0.4, -0.2) is 57.3 Å². The number of furan rings is 1.